The lowest BCUT2D eigenvalue weighted by Crippen LogP contribution is -2.38. The van der Waals surface area contributed by atoms with Gasteiger partial charge in [0.05, 0.1) is 26.7 Å². The first-order valence-electron chi connectivity index (χ1n) is 12.1. The molecule has 0 fully saturated rings. The third kappa shape index (κ3) is 6.57. The monoisotopic (exact) mass is 522 g/mol. The minimum atomic E-state index is -0.638. The lowest BCUT2D eigenvalue weighted by molar-refractivity contribution is -0.145. The maximum Gasteiger partial charge on any atom is 0.322 e. The first-order chi connectivity index (χ1) is 18.0. The number of fused-ring (bicyclic) bond motifs is 2. The van der Waals surface area contributed by atoms with E-state index in [1.165, 1.54) is 44.6 Å². The van der Waals surface area contributed by atoms with Crippen molar-refractivity contribution in [3.05, 3.63) is 64.2 Å². The minimum Gasteiger partial charge on any atom is -0.469 e. The Bertz CT molecular complexity index is 1200. The smallest absolute Gasteiger partial charge is 0.322 e. The fourth-order valence-electron chi connectivity index (χ4n) is 4.09. The average Bonchev–Trinajstić information content (AvgIpc) is 2.92. The summed E-state index contributed by atoms with van der Waals surface area (Å²) < 4.78 is 9.27. The van der Waals surface area contributed by atoms with Crippen LogP contribution in [0.2, 0.25) is 0 Å². The van der Waals surface area contributed by atoms with Gasteiger partial charge in [-0.1, -0.05) is 19.1 Å². The molecule has 2 N–H and O–H groups in total. The maximum absolute atomic E-state index is 13.2. The van der Waals surface area contributed by atoms with Crippen LogP contribution in [0.4, 0.5) is 5.69 Å². The summed E-state index contributed by atoms with van der Waals surface area (Å²) in [5.74, 6) is -2.55. The van der Waals surface area contributed by atoms with E-state index in [0.29, 0.717) is 17.7 Å². The number of anilines is 1. The number of carbonyl (C=O) groups is 6. The van der Waals surface area contributed by atoms with E-state index in [-0.39, 0.29) is 64.9 Å². The lowest BCUT2D eigenvalue weighted by Gasteiger charge is -2.19. The zero-order chi connectivity index (χ0) is 28.0. The molecule has 200 valence electrons. The van der Waals surface area contributed by atoms with E-state index in [1.54, 1.807) is 19.9 Å². The van der Waals surface area contributed by atoms with Crippen molar-refractivity contribution < 1.29 is 38.2 Å². The van der Waals surface area contributed by atoms with Gasteiger partial charge in [-0.3, -0.25) is 34.1 Å². The molecule has 10 nitrogen and oxygen atoms in total. The molecule has 2 atom stereocenters. The van der Waals surface area contributed by atoms with Crippen molar-refractivity contribution in [1.29, 1.82) is 0 Å². The van der Waals surface area contributed by atoms with Gasteiger partial charge in [-0.25, -0.2) is 0 Å². The highest BCUT2D eigenvalue weighted by atomic mass is 16.5. The van der Waals surface area contributed by atoms with E-state index in [9.17, 15) is 28.8 Å². The number of esters is 2. The van der Waals surface area contributed by atoms with Crippen molar-refractivity contribution in [2.75, 3.05) is 26.1 Å². The van der Waals surface area contributed by atoms with Crippen LogP contribution in [0.5, 0.6) is 0 Å². The largest absolute Gasteiger partial charge is 0.469 e. The summed E-state index contributed by atoms with van der Waals surface area (Å²) in [6, 6.07) is 8.53. The predicted molar refractivity (Wildman–Crippen MR) is 137 cm³/mol. The molecule has 2 aromatic rings. The second-order valence-electron chi connectivity index (χ2n) is 9.15. The predicted octanol–water partition coefficient (Wildman–Crippen LogP) is 2.25. The van der Waals surface area contributed by atoms with Crippen LogP contribution in [0.3, 0.4) is 0 Å². The Kier molecular flexibility index (Phi) is 9.25. The van der Waals surface area contributed by atoms with E-state index in [1.807, 2.05) is 0 Å². The van der Waals surface area contributed by atoms with E-state index in [0.717, 1.165) is 0 Å². The topological polar surface area (TPSA) is 145 Å². The number of hydrogen-bond donors (Lipinski definition) is 2. The molecule has 1 amide bonds. The van der Waals surface area contributed by atoms with Crippen LogP contribution in [0.25, 0.3) is 0 Å². The molecular weight excluding hydrogens is 492 g/mol. The average molecular weight is 523 g/mol. The van der Waals surface area contributed by atoms with Gasteiger partial charge >= 0.3 is 11.9 Å². The number of benzene rings is 2. The fraction of sp³-hybridized carbons (Fsp3) is 0.357. The number of Topliss-reactive ketones (excluding diaryl/α,β-unsaturated/α-hetero) is 1. The molecule has 0 unspecified atom stereocenters. The highest BCUT2D eigenvalue weighted by Gasteiger charge is 2.30. The molecule has 3 rings (SSSR count). The van der Waals surface area contributed by atoms with Crippen molar-refractivity contribution in [2.24, 2.45) is 5.92 Å². The van der Waals surface area contributed by atoms with Crippen molar-refractivity contribution in [3.63, 3.8) is 0 Å². The number of ether oxygens (including phenoxy) is 2. The van der Waals surface area contributed by atoms with Gasteiger partial charge in [-0.05, 0) is 43.2 Å². The molecule has 38 heavy (non-hydrogen) atoms. The summed E-state index contributed by atoms with van der Waals surface area (Å²) in [6.07, 6.45) is 0.406. The van der Waals surface area contributed by atoms with Gasteiger partial charge in [0.1, 0.15) is 6.04 Å². The zero-order valence-corrected chi connectivity index (χ0v) is 21.7. The summed E-state index contributed by atoms with van der Waals surface area (Å²) >= 11 is 0. The third-order valence-electron chi connectivity index (χ3n) is 6.34. The Balaban J connectivity index is 1.69. The molecule has 1 aliphatic carbocycles. The quantitative estimate of drug-likeness (QED) is 0.362. The molecule has 0 saturated heterocycles. The fourth-order valence-corrected chi connectivity index (χ4v) is 4.09. The normalized spacial score (nSPS) is 13.6. The molecule has 0 aliphatic heterocycles. The number of carbonyl (C=O) groups excluding carboxylic acids is 6. The van der Waals surface area contributed by atoms with Crippen LogP contribution < -0.4 is 10.6 Å². The van der Waals surface area contributed by atoms with Crippen LogP contribution in [-0.4, -0.2) is 62.0 Å². The number of hydrogen-bond acceptors (Lipinski definition) is 9. The molecule has 2 aromatic carbocycles. The van der Waals surface area contributed by atoms with Gasteiger partial charge in [-0.2, -0.15) is 0 Å². The maximum atomic E-state index is 13.2. The molecular formula is C28H30N2O8. The van der Waals surface area contributed by atoms with Gasteiger partial charge in [0, 0.05) is 40.8 Å². The summed E-state index contributed by atoms with van der Waals surface area (Å²) in [5, 5.41) is 5.49. The zero-order valence-electron chi connectivity index (χ0n) is 21.7. The first kappa shape index (κ1) is 28.4. The summed E-state index contributed by atoms with van der Waals surface area (Å²) in [4.78, 5) is 74.1. The van der Waals surface area contributed by atoms with E-state index < -0.39 is 23.9 Å². The van der Waals surface area contributed by atoms with E-state index in [4.69, 9.17) is 0 Å². The SMILES string of the molecule is COC(=O)[C@@H](C)CCC(=O)Nc1ccc2c(c1)C(=O)c1ccc(CC(=O)CN[C@H](C)C(=O)OC)cc1C2=O. The molecule has 0 aromatic heterocycles. The van der Waals surface area contributed by atoms with E-state index >= 15 is 0 Å². The van der Waals surface area contributed by atoms with Gasteiger partial charge in [0.15, 0.2) is 17.3 Å². The molecule has 10 heteroatoms. The van der Waals surface area contributed by atoms with Crippen molar-refractivity contribution in [1.82, 2.24) is 5.32 Å². The second kappa shape index (κ2) is 12.4. The van der Waals surface area contributed by atoms with Gasteiger partial charge in [0.25, 0.3) is 0 Å². The first-order valence-corrected chi connectivity index (χ1v) is 12.1. The number of ketones is 3. The summed E-state index contributed by atoms with van der Waals surface area (Å²) in [6.45, 7) is 3.20. The lowest BCUT2D eigenvalue weighted by atomic mass is 9.82. The highest BCUT2D eigenvalue weighted by molar-refractivity contribution is 6.28. The molecule has 0 saturated carbocycles. The molecule has 0 radical (unpaired) electrons. The van der Waals surface area contributed by atoms with Crippen LogP contribution >= 0.6 is 0 Å². The molecule has 0 bridgehead atoms. The highest BCUT2D eigenvalue weighted by Crippen LogP contribution is 2.30. The standard InChI is InChI=1S/C28H30N2O8/c1-15(27(35)37-3)5-10-24(32)30-18-7-9-21-23(13-18)26(34)20-8-6-17(12-22(20)25(21)33)11-19(31)14-29-16(2)28(36)38-4/h6-9,12-13,15-16,29H,5,10-11,14H2,1-4H3,(H,30,32)/t15-,16+/m0/s1. The molecule has 0 heterocycles. The number of nitrogens with one attached hydrogen (secondary N) is 2. The second-order valence-corrected chi connectivity index (χ2v) is 9.15. The van der Waals surface area contributed by atoms with Crippen LogP contribution in [-0.2, 0) is 35.1 Å². The van der Waals surface area contributed by atoms with Crippen molar-refractivity contribution >= 4 is 40.9 Å². The van der Waals surface area contributed by atoms with Crippen molar-refractivity contribution in [2.45, 2.75) is 39.2 Å². The number of amides is 1. The van der Waals surface area contributed by atoms with E-state index in [2.05, 4.69) is 20.1 Å². The Hall–Kier alpha value is -4.18. The Morgan fingerprint density at radius 3 is 2.05 bits per heavy atom. The van der Waals surface area contributed by atoms with Gasteiger partial charge in [-0.15, -0.1) is 0 Å². The Morgan fingerprint density at radius 1 is 0.816 bits per heavy atom. The number of methoxy groups -OCH3 is 2. The number of rotatable bonds is 11. The summed E-state index contributed by atoms with van der Waals surface area (Å²) in [5.41, 5.74) is 1.73. The van der Waals surface area contributed by atoms with Gasteiger partial charge < -0.3 is 14.8 Å². The molecule has 1 aliphatic rings. The van der Waals surface area contributed by atoms with Crippen LogP contribution in [0.1, 0.15) is 64.1 Å². The minimum absolute atomic E-state index is 0.0159. The van der Waals surface area contributed by atoms with Crippen LogP contribution in [0.15, 0.2) is 36.4 Å². The van der Waals surface area contributed by atoms with Crippen molar-refractivity contribution in [3.8, 4) is 0 Å². The Labute approximate surface area is 220 Å². The molecule has 0 spiro atoms. The summed E-state index contributed by atoms with van der Waals surface area (Å²) in [7, 11) is 2.55. The Morgan fingerprint density at radius 2 is 1.42 bits per heavy atom. The third-order valence-corrected chi connectivity index (χ3v) is 6.34. The van der Waals surface area contributed by atoms with Crippen LogP contribution in [0, 0.1) is 5.92 Å². The van der Waals surface area contributed by atoms with Gasteiger partial charge in [0.2, 0.25) is 5.91 Å².